The molecule has 1 unspecified atom stereocenters. The molecule has 0 heterocycles. The number of halogens is 7. The molecule has 0 fully saturated rings. The van der Waals surface area contributed by atoms with Crippen molar-refractivity contribution in [2.24, 2.45) is 0 Å². The molecule has 1 atom stereocenters. The van der Waals surface area contributed by atoms with Crippen LogP contribution in [0.3, 0.4) is 0 Å². The summed E-state index contributed by atoms with van der Waals surface area (Å²) in [7, 11) is 0. The van der Waals surface area contributed by atoms with Crippen molar-refractivity contribution in [1.29, 1.82) is 0 Å². The first kappa shape index (κ1) is 17.0. The molecule has 2 nitrogen and oxygen atoms in total. The Balaban J connectivity index is 0. The van der Waals surface area contributed by atoms with Crippen LogP contribution >= 0.6 is 0 Å². The van der Waals surface area contributed by atoms with Gasteiger partial charge >= 0.3 is 46.9 Å². The van der Waals surface area contributed by atoms with E-state index in [4.69, 9.17) is 0 Å². The smallest absolute Gasteiger partial charge is 0.768 e. The molecule has 80 valence electrons. The quantitative estimate of drug-likeness (QED) is 0.348. The second-order valence-electron chi connectivity index (χ2n) is 1.82. The fourth-order valence-corrected chi connectivity index (χ4v) is 0.595. The molecule has 0 radical (unpaired) electrons. The van der Waals surface area contributed by atoms with Gasteiger partial charge in [0.1, 0.15) is 0 Å². The summed E-state index contributed by atoms with van der Waals surface area (Å²) in [5.74, 6) is -6.59. The Kier molecular flexibility index (Phi) is 5.64. The van der Waals surface area contributed by atoms with Gasteiger partial charge in [0, 0.05) is 11.1 Å². The summed E-state index contributed by atoms with van der Waals surface area (Å²) in [5.41, 5.74) is 0. The van der Waals surface area contributed by atoms with E-state index in [2.05, 4.69) is 0 Å². The average Bonchev–Trinajstić information content (AvgIpc) is 1.84. The summed E-state index contributed by atoms with van der Waals surface area (Å²) in [6, 6.07) is 0. The minimum absolute atomic E-state index is 0. The Morgan fingerprint density at radius 1 is 0.929 bits per heavy atom. The molecule has 0 aromatic heterocycles. The molecule has 0 aromatic carbocycles. The average molecular weight is 256 g/mol. The molecular formula is C3F7NaO2S. The number of alkyl halides is 7. The first-order chi connectivity index (χ1) is 5.44. The zero-order chi connectivity index (χ0) is 11.1. The van der Waals surface area contributed by atoms with Gasteiger partial charge in [-0.2, -0.15) is 30.7 Å². The normalized spacial score (nSPS) is 16.0. The van der Waals surface area contributed by atoms with Crippen molar-refractivity contribution in [3.8, 4) is 0 Å². The summed E-state index contributed by atoms with van der Waals surface area (Å²) in [4.78, 5) is 0. The van der Waals surface area contributed by atoms with E-state index in [0.717, 1.165) is 0 Å². The van der Waals surface area contributed by atoms with Crippen LogP contribution < -0.4 is 29.6 Å². The van der Waals surface area contributed by atoms with Gasteiger partial charge in [0.25, 0.3) is 0 Å². The van der Waals surface area contributed by atoms with Crippen molar-refractivity contribution in [1.82, 2.24) is 0 Å². The summed E-state index contributed by atoms with van der Waals surface area (Å²) < 4.78 is 99.2. The maximum Gasteiger partial charge on any atom is 1.00 e. The zero-order valence-electron chi connectivity index (χ0n) is 6.37. The van der Waals surface area contributed by atoms with Crippen molar-refractivity contribution >= 4 is 11.1 Å². The fraction of sp³-hybridized carbons (Fsp3) is 1.00. The van der Waals surface area contributed by atoms with Gasteiger partial charge in [-0.15, -0.1) is 0 Å². The van der Waals surface area contributed by atoms with Crippen molar-refractivity contribution in [3.05, 3.63) is 0 Å². The molecule has 0 spiro atoms. The number of rotatable bonds is 2. The Labute approximate surface area is 97.4 Å². The molecule has 0 amide bonds. The maximum absolute atomic E-state index is 11.7. The Morgan fingerprint density at radius 3 is 1.29 bits per heavy atom. The van der Waals surface area contributed by atoms with Crippen LogP contribution in [0, 0.1) is 0 Å². The number of hydrogen-bond acceptors (Lipinski definition) is 2. The van der Waals surface area contributed by atoms with Crippen molar-refractivity contribution < 1.29 is 69.1 Å². The monoisotopic (exact) mass is 256 g/mol. The van der Waals surface area contributed by atoms with E-state index in [0.29, 0.717) is 0 Å². The minimum Gasteiger partial charge on any atom is -0.768 e. The molecule has 0 N–H and O–H groups in total. The Bertz CT molecular complexity index is 225. The third-order valence-electron chi connectivity index (χ3n) is 0.931. The van der Waals surface area contributed by atoms with Crippen molar-refractivity contribution in [2.75, 3.05) is 0 Å². The van der Waals surface area contributed by atoms with E-state index in [1.807, 2.05) is 0 Å². The predicted molar refractivity (Wildman–Crippen MR) is 24.9 cm³/mol. The number of hydrogen-bond donors (Lipinski definition) is 0. The van der Waals surface area contributed by atoms with Gasteiger partial charge in [-0.1, -0.05) is 0 Å². The fourth-order valence-electron chi connectivity index (χ4n) is 0.270. The largest absolute Gasteiger partial charge is 1.00 e. The van der Waals surface area contributed by atoms with Gasteiger partial charge in [0.2, 0.25) is 0 Å². The van der Waals surface area contributed by atoms with Crippen LogP contribution in [0.5, 0.6) is 0 Å². The molecule has 0 aliphatic carbocycles. The third-order valence-corrected chi connectivity index (χ3v) is 1.61. The van der Waals surface area contributed by atoms with Gasteiger partial charge in [-0.3, -0.25) is 4.21 Å². The first-order valence-corrected chi connectivity index (χ1v) is 3.44. The van der Waals surface area contributed by atoms with Crippen molar-refractivity contribution in [3.63, 3.8) is 0 Å². The van der Waals surface area contributed by atoms with Crippen molar-refractivity contribution in [2.45, 2.75) is 17.4 Å². The molecule has 0 bridgehead atoms. The van der Waals surface area contributed by atoms with Crippen LogP contribution in [-0.4, -0.2) is 26.1 Å². The van der Waals surface area contributed by atoms with Crippen LogP contribution in [0.1, 0.15) is 0 Å². The zero-order valence-corrected chi connectivity index (χ0v) is 9.19. The van der Waals surface area contributed by atoms with Gasteiger partial charge < -0.3 is 4.55 Å². The van der Waals surface area contributed by atoms with Crippen LogP contribution in [0.25, 0.3) is 0 Å². The van der Waals surface area contributed by atoms with E-state index in [-0.39, 0.29) is 29.6 Å². The van der Waals surface area contributed by atoms with Gasteiger partial charge in [0.15, 0.2) is 0 Å². The van der Waals surface area contributed by atoms with E-state index < -0.39 is 28.4 Å². The van der Waals surface area contributed by atoms with E-state index in [1.165, 1.54) is 0 Å². The van der Waals surface area contributed by atoms with Crippen LogP contribution in [-0.2, 0) is 11.1 Å². The summed E-state index contributed by atoms with van der Waals surface area (Å²) in [5, 5.41) is -6.16. The standard InChI is InChI=1S/C3HF7O2S.Na/c4-1(5,2(6,7)8)3(9,10)13(11)12;/h(H,11,12);/q;+1/p-1. The SMILES string of the molecule is O=S([O-])C(F)(F)C(F)(F)C(F)(F)F.[Na+]. The van der Waals surface area contributed by atoms with E-state index in [1.54, 1.807) is 0 Å². The first-order valence-electron chi connectivity index (χ1n) is 2.36. The molecular weight excluding hydrogens is 256 g/mol. The van der Waals surface area contributed by atoms with E-state index >= 15 is 0 Å². The molecule has 0 saturated carbocycles. The van der Waals surface area contributed by atoms with Crippen LogP contribution in [0.15, 0.2) is 0 Å². The van der Waals surface area contributed by atoms with Gasteiger partial charge in [-0.25, -0.2) is 0 Å². The molecule has 0 rings (SSSR count). The summed E-state index contributed by atoms with van der Waals surface area (Å²) >= 11 is -4.85. The predicted octanol–water partition coefficient (Wildman–Crippen LogP) is -1.34. The molecule has 0 aromatic rings. The van der Waals surface area contributed by atoms with E-state index in [9.17, 15) is 39.5 Å². The third kappa shape index (κ3) is 2.81. The molecule has 11 heteroatoms. The van der Waals surface area contributed by atoms with Gasteiger partial charge in [-0.05, 0) is 0 Å². The van der Waals surface area contributed by atoms with Crippen LogP contribution in [0.2, 0.25) is 0 Å². The maximum atomic E-state index is 11.7. The summed E-state index contributed by atoms with van der Waals surface area (Å²) in [6.07, 6.45) is -6.61. The molecule has 0 aliphatic rings. The second-order valence-corrected chi connectivity index (χ2v) is 2.81. The summed E-state index contributed by atoms with van der Waals surface area (Å²) in [6.45, 7) is 0. The Hall–Kier alpha value is 0.620. The molecule has 14 heavy (non-hydrogen) atoms. The van der Waals surface area contributed by atoms with Gasteiger partial charge in [0.05, 0.1) is 0 Å². The molecule has 0 aliphatic heterocycles. The molecule has 0 saturated heterocycles. The minimum atomic E-state index is -6.61. The topological polar surface area (TPSA) is 40.1 Å². The Morgan fingerprint density at radius 2 is 1.21 bits per heavy atom. The second kappa shape index (κ2) is 4.64. The van der Waals surface area contributed by atoms with Crippen LogP contribution in [0.4, 0.5) is 30.7 Å².